The van der Waals surface area contributed by atoms with Gasteiger partial charge in [-0.05, 0) is 33.0 Å². The molecule has 0 bridgehead atoms. The maximum atomic E-state index is 13.9. The quantitative estimate of drug-likeness (QED) is 0.619. The fraction of sp³-hybridized carbons (Fsp3) is 0.409. The number of hydrogen-bond donors (Lipinski definition) is 0. The molecule has 3 aromatic rings. The van der Waals surface area contributed by atoms with Crippen LogP contribution in [0.2, 0.25) is 5.02 Å². The second-order valence-electron chi connectivity index (χ2n) is 8.46. The number of carbonyl (C=O) groups is 1. The van der Waals surface area contributed by atoms with Crippen LogP contribution in [-0.2, 0) is 13.1 Å². The summed E-state index contributed by atoms with van der Waals surface area (Å²) in [6.45, 7) is 6.84. The van der Waals surface area contributed by atoms with Crippen molar-refractivity contribution in [2.24, 2.45) is 5.92 Å². The molecule has 0 unspecified atom stereocenters. The van der Waals surface area contributed by atoms with Gasteiger partial charge in [-0.25, -0.2) is 13.9 Å². The highest BCUT2D eigenvalue weighted by Gasteiger charge is 2.32. The average Bonchev–Trinajstić information content (AvgIpc) is 3.27. The van der Waals surface area contributed by atoms with Crippen LogP contribution in [0, 0.1) is 25.6 Å². The minimum absolute atomic E-state index is 0.209. The standard InChI is InChI=1S/C22H23ClFN5O2/c1-12-20(23)13(2)29-21(25-12)17-9-28(10-18(17)26-29)22(30)16-5-4-15(24)6-19(16)31-11-14-7-27(3)8-14/h4-6,14H,7-11H2,1-3H3. The number of ether oxygens (including phenoxy) is 1. The van der Waals surface area contributed by atoms with Crippen molar-refractivity contribution in [3.8, 4) is 5.75 Å². The Morgan fingerprint density at radius 3 is 2.81 bits per heavy atom. The molecule has 2 aliphatic rings. The van der Waals surface area contributed by atoms with Gasteiger partial charge in [0.05, 0.1) is 47.4 Å². The zero-order valence-corrected chi connectivity index (χ0v) is 18.4. The largest absolute Gasteiger partial charge is 0.492 e. The van der Waals surface area contributed by atoms with Gasteiger partial charge in [0.1, 0.15) is 11.6 Å². The second-order valence-corrected chi connectivity index (χ2v) is 8.84. The number of hydrogen-bond acceptors (Lipinski definition) is 5. The van der Waals surface area contributed by atoms with Crippen LogP contribution in [-0.4, -0.2) is 57.0 Å². The van der Waals surface area contributed by atoms with E-state index in [9.17, 15) is 9.18 Å². The van der Waals surface area contributed by atoms with Crippen molar-refractivity contribution in [1.82, 2.24) is 24.4 Å². The lowest BCUT2D eigenvalue weighted by Gasteiger charge is -2.35. The maximum Gasteiger partial charge on any atom is 0.258 e. The molecule has 162 valence electrons. The van der Waals surface area contributed by atoms with E-state index in [2.05, 4.69) is 15.0 Å². The van der Waals surface area contributed by atoms with E-state index >= 15 is 0 Å². The average molecular weight is 444 g/mol. The lowest BCUT2D eigenvalue weighted by Crippen LogP contribution is -2.46. The fourth-order valence-corrected chi connectivity index (χ4v) is 4.48. The van der Waals surface area contributed by atoms with E-state index in [1.54, 1.807) is 9.42 Å². The highest BCUT2D eigenvalue weighted by Crippen LogP contribution is 2.31. The van der Waals surface area contributed by atoms with Crippen LogP contribution in [0.5, 0.6) is 5.75 Å². The van der Waals surface area contributed by atoms with E-state index in [1.807, 2.05) is 20.9 Å². The van der Waals surface area contributed by atoms with E-state index < -0.39 is 5.82 Å². The van der Waals surface area contributed by atoms with Crippen LogP contribution in [0.4, 0.5) is 4.39 Å². The van der Waals surface area contributed by atoms with Gasteiger partial charge >= 0.3 is 0 Å². The number of likely N-dealkylation sites (tertiary alicyclic amines) is 1. The normalized spacial score (nSPS) is 16.6. The summed E-state index contributed by atoms with van der Waals surface area (Å²) in [4.78, 5) is 21.8. The summed E-state index contributed by atoms with van der Waals surface area (Å²) in [5.41, 5.74) is 4.35. The van der Waals surface area contributed by atoms with Crippen LogP contribution in [0.1, 0.15) is 33.0 Å². The van der Waals surface area contributed by atoms with Gasteiger partial charge in [-0.15, -0.1) is 0 Å². The molecule has 9 heteroatoms. The Kier molecular flexibility index (Phi) is 4.86. The fourth-order valence-electron chi connectivity index (χ4n) is 4.36. The maximum absolute atomic E-state index is 13.9. The van der Waals surface area contributed by atoms with E-state index in [0.29, 0.717) is 36.2 Å². The van der Waals surface area contributed by atoms with Crippen LogP contribution in [0.3, 0.4) is 0 Å². The van der Waals surface area contributed by atoms with Crippen LogP contribution in [0.25, 0.3) is 5.65 Å². The van der Waals surface area contributed by atoms with Gasteiger partial charge in [-0.2, -0.15) is 5.10 Å². The van der Waals surface area contributed by atoms with Crippen molar-refractivity contribution in [3.63, 3.8) is 0 Å². The lowest BCUT2D eigenvalue weighted by atomic mass is 10.0. The zero-order valence-electron chi connectivity index (χ0n) is 17.7. The number of fused-ring (bicyclic) bond motifs is 3. The van der Waals surface area contributed by atoms with Crippen LogP contribution in [0.15, 0.2) is 18.2 Å². The summed E-state index contributed by atoms with van der Waals surface area (Å²) in [6, 6.07) is 4.08. The van der Waals surface area contributed by atoms with Crippen molar-refractivity contribution in [2.45, 2.75) is 26.9 Å². The van der Waals surface area contributed by atoms with Gasteiger partial charge in [-0.3, -0.25) is 4.79 Å². The summed E-state index contributed by atoms with van der Waals surface area (Å²) in [5.74, 6) is 0.0473. The van der Waals surface area contributed by atoms with Crippen molar-refractivity contribution in [2.75, 3.05) is 26.7 Å². The molecule has 7 nitrogen and oxygen atoms in total. The zero-order chi connectivity index (χ0) is 21.9. The van der Waals surface area contributed by atoms with E-state index in [-0.39, 0.29) is 11.7 Å². The molecule has 0 atom stereocenters. The van der Waals surface area contributed by atoms with E-state index in [0.717, 1.165) is 41.4 Å². The molecule has 1 amide bonds. The molecule has 31 heavy (non-hydrogen) atoms. The summed E-state index contributed by atoms with van der Waals surface area (Å²) < 4.78 is 21.5. The van der Waals surface area contributed by atoms with E-state index in [1.165, 1.54) is 18.2 Å². The Labute approximate surface area is 184 Å². The Balaban J connectivity index is 1.39. The number of nitrogens with zero attached hydrogens (tertiary/aromatic N) is 5. The molecule has 1 fully saturated rings. The predicted molar refractivity (Wildman–Crippen MR) is 114 cm³/mol. The molecule has 2 aliphatic heterocycles. The SMILES string of the molecule is Cc1nc2c3c(nn2c(C)c1Cl)CN(C(=O)c1ccc(F)cc1OCC1CN(C)C1)C3. The summed E-state index contributed by atoms with van der Waals surface area (Å²) in [7, 11) is 2.04. The Bertz CT molecular complexity index is 1200. The van der Waals surface area contributed by atoms with E-state index in [4.69, 9.17) is 16.3 Å². The number of amides is 1. The minimum Gasteiger partial charge on any atom is -0.492 e. The van der Waals surface area contributed by atoms with Gasteiger partial charge in [0.25, 0.3) is 5.91 Å². The van der Waals surface area contributed by atoms with Gasteiger partial charge in [0.2, 0.25) is 0 Å². The van der Waals surface area contributed by atoms with Gasteiger partial charge < -0.3 is 14.5 Å². The summed E-state index contributed by atoms with van der Waals surface area (Å²) >= 11 is 6.31. The molecule has 0 spiro atoms. The number of carbonyl (C=O) groups excluding carboxylic acids is 1. The third kappa shape index (κ3) is 3.43. The number of aromatic nitrogens is 3. The third-order valence-electron chi connectivity index (χ3n) is 6.03. The molecule has 1 saturated heterocycles. The Morgan fingerprint density at radius 2 is 2.06 bits per heavy atom. The smallest absolute Gasteiger partial charge is 0.258 e. The molecule has 0 radical (unpaired) electrons. The molecule has 2 aromatic heterocycles. The molecule has 0 N–H and O–H groups in total. The summed E-state index contributed by atoms with van der Waals surface area (Å²) in [5, 5.41) is 5.21. The first-order chi connectivity index (χ1) is 14.8. The second kappa shape index (κ2) is 7.46. The number of rotatable bonds is 4. The first-order valence-electron chi connectivity index (χ1n) is 10.2. The predicted octanol–water partition coefficient (Wildman–Crippen LogP) is 3.24. The van der Waals surface area contributed by atoms with Gasteiger partial charge in [-0.1, -0.05) is 11.6 Å². The highest BCUT2D eigenvalue weighted by atomic mass is 35.5. The first-order valence-corrected chi connectivity index (χ1v) is 10.6. The number of aryl methyl sites for hydroxylation is 2. The highest BCUT2D eigenvalue weighted by molar-refractivity contribution is 6.31. The van der Waals surface area contributed by atoms with Crippen LogP contribution >= 0.6 is 11.6 Å². The Morgan fingerprint density at radius 1 is 1.29 bits per heavy atom. The Hall–Kier alpha value is -2.71. The molecular formula is C22H23ClFN5O2. The monoisotopic (exact) mass is 443 g/mol. The number of halogens is 2. The summed E-state index contributed by atoms with van der Waals surface area (Å²) in [6.07, 6.45) is 0. The topological polar surface area (TPSA) is 63.0 Å². The third-order valence-corrected chi connectivity index (χ3v) is 6.58. The molecule has 5 rings (SSSR count). The van der Waals surface area contributed by atoms with Crippen molar-refractivity contribution < 1.29 is 13.9 Å². The van der Waals surface area contributed by atoms with Gasteiger partial charge in [0.15, 0.2) is 5.65 Å². The molecule has 0 saturated carbocycles. The van der Waals surface area contributed by atoms with Gasteiger partial charge in [0, 0.05) is 30.6 Å². The molecule has 4 heterocycles. The molecule has 1 aromatic carbocycles. The lowest BCUT2D eigenvalue weighted by molar-refractivity contribution is 0.0723. The molecular weight excluding hydrogens is 421 g/mol. The van der Waals surface area contributed by atoms with Crippen LogP contribution < -0.4 is 4.74 Å². The minimum atomic E-state index is -0.424. The van der Waals surface area contributed by atoms with Crippen molar-refractivity contribution >= 4 is 23.2 Å². The van der Waals surface area contributed by atoms with Crippen molar-refractivity contribution in [3.05, 3.63) is 57.2 Å². The first kappa shape index (κ1) is 20.2. The number of benzene rings is 1. The van der Waals surface area contributed by atoms with Crippen molar-refractivity contribution in [1.29, 1.82) is 0 Å². The molecule has 0 aliphatic carbocycles.